The van der Waals surface area contributed by atoms with E-state index in [1.54, 1.807) is 37.4 Å². The molecular weight excluding hydrogens is 408 g/mol. The van der Waals surface area contributed by atoms with Crippen LogP contribution in [0.3, 0.4) is 0 Å². The van der Waals surface area contributed by atoms with E-state index in [1.165, 1.54) is 7.11 Å². The number of methoxy groups -OCH3 is 2. The van der Waals surface area contributed by atoms with Crippen LogP contribution in [0.25, 0.3) is 0 Å². The van der Waals surface area contributed by atoms with Crippen LogP contribution >= 0.6 is 0 Å². The Kier molecular flexibility index (Phi) is 4.93. The van der Waals surface area contributed by atoms with Gasteiger partial charge in [-0.1, -0.05) is 30.3 Å². The average Bonchev–Trinajstić information content (AvgIpc) is 3.29. The molecule has 3 aromatic carbocycles. The minimum atomic E-state index is -0.480. The normalized spacial score (nSPS) is 18.8. The summed E-state index contributed by atoms with van der Waals surface area (Å²) in [6.07, 6.45) is 0.129. The van der Waals surface area contributed by atoms with Gasteiger partial charge in [0.2, 0.25) is 6.23 Å². The molecule has 0 spiro atoms. The molecule has 1 N–H and O–H groups in total. The van der Waals surface area contributed by atoms with E-state index in [4.69, 9.17) is 19.3 Å². The number of hydrogen-bond donors (Lipinski definition) is 1. The van der Waals surface area contributed by atoms with Crippen LogP contribution in [0.2, 0.25) is 0 Å². The topological polar surface area (TPSA) is 80.6 Å². The van der Waals surface area contributed by atoms with Crippen molar-refractivity contribution in [3.05, 3.63) is 89.0 Å². The molecule has 0 bridgehead atoms. The van der Waals surface area contributed by atoms with Crippen LogP contribution in [0.1, 0.15) is 45.7 Å². The van der Waals surface area contributed by atoms with E-state index in [0.717, 1.165) is 22.6 Å². The molecule has 32 heavy (non-hydrogen) atoms. The molecule has 5 rings (SSSR count). The minimum Gasteiger partial charge on any atom is -0.507 e. The second kappa shape index (κ2) is 7.92. The van der Waals surface area contributed by atoms with Crippen molar-refractivity contribution in [3.63, 3.8) is 0 Å². The highest BCUT2D eigenvalue weighted by Gasteiger charge is 2.41. The molecule has 162 valence electrons. The van der Waals surface area contributed by atoms with Crippen LogP contribution in [-0.2, 0) is 4.74 Å². The van der Waals surface area contributed by atoms with E-state index in [0.29, 0.717) is 23.3 Å². The van der Waals surface area contributed by atoms with Gasteiger partial charge in [-0.2, -0.15) is 5.10 Å². The van der Waals surface area contributed by atoms with Gasteiger partial charge in [0.05, 0.1) is 31.5 Å². The Bertz CT molecular complexity index is 1210. The summed E-state index contributed by atoms with van der Waals surface area (Å²) in [6, 6.07) is 20.1. The van der Waals surface area contributed by atoms with Crippen LogP contribution in [0.5, 0.6) is 17.2 Å². The Balaban J connectivity index is 1.56. The molecule has 0 saturated heterocycles. The highest BCUT2D eigenvalue weighted by atomic mass is 16.5. The van der Waals surface area contributed by atoms with Crippen molar-refractivity contribution in [1.29, 1.82) is 0 Å². The fourth-order valence-electron chi connectivity index (χ4n) is 4.19. The second-order valence-corrected chi connectivity index (χ2v) is 7.65. The van der Waals surface area contributed by atoms with Gasteiger partial charge in [-0.05, 0) is 36.4 Å². The third kappa shape index (κ3) is 3.32. The Morgan fingerprint density at radius 3 is 2.62 bits per heavy atom. The number of carbonyl (C=O) groups is 1. The lowest BCUT2D eigenvalue weighted by Gasteiger charge is -2.38. The lowest BCUT2D eigenvalue weighted by atomic mass is 9.95. The third-order valence-corrected chi connectivity index (χ3v) is 5.83. The van der Waals surface area contributed by atoms with Crippen molar-refractivity contribution in [2.45, 2.75) is 18.7 Å². The maximum absolute atomic E-state index is 11.8. The molecule has 7 nitrogen and oxygen atoms in total. The zero-order valence-electron chi connectivity index (χ0n) is 17.7. The number of esters is 1. The fraction of sp³-hybridized carbons (Fsp3) is 0.200. The van der Waals surface area contributed by atoms with E-state index in [2.05, 4.69) is 0 Å². The zero-order valence-corrected chi connectivity index (χ0v) is 17.7. The first-order valence-electron chi connectivity index (χ1n) is 10.3. The zero-order chi connectivity index (χ0) is 22.2. The molecule has 0 fully saturated rings. The molecular formula is C25H22N2O5. The highest BCUT2D eigenvalue weighted by molar-refractivity contribution is 6.04. The van der Waals surface area contributed by atoms with Crippen LogP contribution in [0, 0.1) is 0 Å². The first-order chi connectivity index (χ1) is 15.6. The van der Waals surface area contributed by atoms with E-state index >= 15 is 0 Å². The summed E-state index contributed by atoms with van der Waals surface area (Å²) in [5.74, 6) is 1.20. The number of aromatic hydroxyl groups is 1. The number of hydrogen-bond acceptors (Lipinski definition) is 7. The van der Waals surface area contributed by atoms with Gasteiger partial charge in [-0.25, -0.2) is 9.80 Å². The van der Waals surface area contributed by atoms with Crippen molar-refractivity contribution in [3.8, 4) is 17.2 Å². The van der Waals surface area contributed by atoms with E-state index in [9.17, 15) is 9.90 Å². The van der Waals surface area contributed by atoms with Crippen LogP contribution in [0.15, 0.2) is 71.8 Å². The van der Waals surface area contributed by atoms with Gasteiger partial charge in [0.15, 0.2) is 0 Å². The van der Waals surface area contributed by atoms with Gasteiger partial charge in [0.1, 0.15) is 17.2 Å². The number of phenols is 1. The summed E-state index contributed by atoms with van der Waals surface area (Å²) in [6.45, 7) is 0. The van der Waals surface area contributed by atoms with Gasteiger partial charge in [-0.15, -0.1) is 0 Å². The SMILES string of the molecule is COC(=O)c1ccc([C@@H]2Oc3ccccc3[C@@H]3CC(c4cc(OC)ccc4O)=NN32)cc1. The van der Waals surface area contributed by atoms with Crippen molar-refractivity contribution >= 4 is 11.7 Å². The molecule has 0 saturated carbocycles. The van der Waals surface area contributed by atoms with Gasteiger partial charge in [0.25, 0.3) is 0 Å². The van der Waals surface area contributed by atoms with Gasteiger partial charge in [-0.3, -0.25) is 0 Å². The van der Waals surface area contributed by atoms with Crippen molar-refractivity contribution in [1.82, 2.24) is 5.01 Å². The number of nitrogens with zero attached hydrogens (tertiary/aromatic N) is 2. The molecule has 0 unspecified atom stereocenters. The number of rotatable bonds is 4. The number of benzene rings is 3. The molecule has 0 aromatic heterocycles. The number of hydrazone groups is 1. The minimum absolute atomic E-state index is 0.0502. The van der Waals surface area contributed by atoms with Crippen molar-refractivity contribution in [2.75, 3.05) is 14.2 Å². The third-order valence-electron chi connectivity index (χ3n) is 5.83. The number of phenolic OH excluding ortho intramolecular Hbond substituents is 1. The predicted molar refractivity (Wildman–Crippen MR) is 118 cm³/mol. The van der Waals surface area contributed by atoms with Gasteiger partial charge < -0.3 is 19.3 Å². The lowest BCUT2D eigenvalue weighted by Crippen LogP contribution is -2.33. The molecule has 2 heterocycles. The number of fused-ring (bicyclic) bond motifs is 3. The molecule has 2 atom stereocenters. The Hall–Kier alpha value is -4.00. The van der Waals surface area contributed by atoms with Crippen molar-refractivity contribution in [2.24, 2.45) is 5.10 Å². The summed E-state index contributed by atoms with van der Waals surface area (Å²) in [5.41, 5.74) is 3.75. The van der Waals surface area contributed by atoms with E-state index in [-0.39, 0.29) is 17.8 Å². The smallest absolute Gasteiger partial charge is 0.337 e. The summed E-state index contributed by atoms with van der Waals surface area (Å²) in [5, 5.41) is 17.3. The number of para-hydroxylation sites is 1. The van der Waals surface area contributed by atoms with Crippen LogP contribution in [-0.4, -0.2) is 36.0 Å². The Labute approximate surface area is 185 Å². The molecule has 2 aliphatic heterocycles. The van der Waals surface area contributed by atoms with E-state index < -0.39 is 6.23 Å². The number of ether oxygens (including phenoxy) is 3. The molecule has 0 aliphatic carbocycles. The summed E-state index contributed by atoms with van der Waals surface area (Å²) >= 11 is 0. The molecule has 3 aromatic rings. The standard InChI is InChI=1S/C25H22N2O5/c1-30-17-11-12-22(28)19(13-17)20-14-21-18-5-3-4-6-23(18)32-24(27(21)26-20)15-7-9-16(10-8-15)25(29)31-2/h3-13,21,24,28H,14H2,1-2H3/t21-,24-/m0/s1. The maximum Gasteiger partial charge on any atom is 0.337 e. The van der Waals surface area contributed by atoms with E-state index in [1.807, 2.05) is 41.4 Å². The first kappa shape index (κ1) is 19.9. The largest absolute Gasteiger partial charge is 0.507 e. The Morgan fingerprint density at radius 1 is 1.09 bits per heavy atom. The number of carbonyl (C=O) groups excluding carboxylic acids is 1. The summed E-state index contributed by atoms with van der Waals surface area (Å²) in [4.78, 5) is 11.8. The van der Waals surface area contributed by atoms with Gasteiger partial charge in [0, 0.05) is 23.1 Å². The van der Waals surface area contributed by atoms with Crippen LogP contribution in [0.4, 0.5) is 0 Å². The first-order valence-corrected chi connectivity index (χ1v) is 10.3. The van der Waals surface area contributed by atoms with Crippen molar-refractivity contribution < 1.29 is 24.1 Å². The predicted octanol–water partition coefficient (Wildman–Crippen LogP) is 4.43. The molecule has 0 radical (unpaired) electrons. The molecule has 7 heteroatoms. The fourth-order valence-corrected chi connectivity index (χ4v) is 4.19. The highest BCUT2D eigenvalue weighted by Crippen LogP contribution is 2.48. The van der Waals surface area contributed by atoms with Crippen LogP contribution < -0.4 is 9.47 Å². The summed E-state index contributed by atoms with van der Waals surface area (Å²) < 4.78 is 16.5. The molecule has 0 amide bonds. The second-order valence-electron chi connectivity index (χ2n) is 7.65. The Morgan fingerprint density at radius 2 is 1.88 bits per heavy atom. The molecule has 2 aliphatic rings. The van der Waals surface area contributed by atoms with Gasteiger partial charge >= 0.3 is 5.97 Å². The maximum atomic E-state index is 11.8. The quantitative estimate of drug-likeness (QED) is 0.617. The average molecular weight is 430 g/mol. The summed E-state index contributed by atoms with van der Waals surface area (Å²) in [7, 11) is 2.95. The lowest BCUT2D eigenvalue weighted by molar-refractivity contribution is -0.0190. The monoisotopic (exact) mass is 430 g/mol.